The Kier molecular flexibility index (Phi) is 20.7. The lowest BCUT2D eigenvalue weighted by atomic mass is 10.0. The fourth-order valence-corrected chi connectivity index (χ4v) is 4.15. The number of alkyl carbamates (subject to hydrolysis) is 2. The van der Waals surface area contributed by atoms with Crippen LogP contribution in [-0.4, -0.2) is 86.6 Å². The van der Waals surface area contributed by atoms with E-state index >= 15 is 0 Å². The van der Waals surface area contributed by atoms with Crippen LogP contribution in [0.15, 0.2) is 0 Å². The summed E-state index contributed by atoms with van der Waals surface area (Å²) in [7, 11) is 0. The summed E-state index contributed by atoms with van der Waals surface area (Å²) in [5.41, 5.74) is -1.24. The van der Waals surface area contributed by atoms with Crippen LogP contribution in [0.2, 0.25) is 0 Å². The fraction of sp³-hybridized carbons (Fsp3) is 0.875. The standard InChI is InChI=1S/C32H64N6O6/c1-23(2)21-25(37-29(41)43-31(5,6)7)27(39)35-19-13-17-33-15-11-12-16-34-18-14-20-36-28(40)26(22-24(3)4)38-30(42)44-32(8,9)10/h23-26,33-34H,11-22H2,1-10H3,(H,35,39)(H,36,40)(H,37,41)(H,38,42)/t25-,26-/m0/s1. The Balaban J connectivity index is 3.99. The van der Waals surface area contributed by atoms with Crippen LogP contribution in [0.1, 0.15) is 108 Å². The summed E-state index contributed by atoms with van der Waals surface area (Å²) in [6.07, 6.45) is 3.56. The maximum absolute atomic E-state index is 12.6. The predicted octanol–water partition coefficient (Wildman–Crippen LogP) is 3.84. The van der Waals surface area contributed by atoms with E-state index in [0.29, 0.717) is 25.9 Å². The van der Waals surface area contributed by atoms with Crippen molar-refractivity contribution in [1.82, 2.24) is 31.9 Å². The third kappa shape index (κ3) is 24.8. The molecule has 0 aromatic rings. The van der Waals surface area contributed by atoms with Crippen LogP contribution in [0.5, 0.6) is 0 Å². The van der Waals surface area contributed by atoms with Gasteiger partial charge in [0.05, 0.1) is 0 Å². The zero-order chi connectivity index (χ0) is 33.8. The smallest absolute Gasteiger partial charge is 0.408 e. The molecule has 4 amide bonds. The van der Waals surface area contributed by atoms with Gasteiger partial charge in [-0.2, -0.15) is 0 Å². The van der Waals surface area contributed by atoms with Crippen molar-refractivity contribution in [3.8, 4) is 0 Å². The molecular weight excluding hydrogens is 564 g/mol. The topological polar surface area (TPSA) is 159 Å². The Morgan fingerprint density at radius 2 is 0.841 bits per heavy atom. The summed E-state index contributed by atoms with van der Waals surface area (Å²) in [6, 6.07) is -1.24. The summed E-state index contributed by atoms with van der Waals surface area (Å²) >= 11 is 0. The minimum Gasteiger partial charge on any atom is -0.444 e. The third-order valence-corrected chi connectivity index (χ3v) is 6.05. The van der Waals surface area contributed by atoms with E-state index in [1.54, 1.807) is 41.5 Å². The van der Waals surface area contributed by atoms with E-state index in [2.05, 4.69) is 31.9 Å². The number of hydrogen-bond acceptors (Lipinski definition) is 8. The molecule has 0 radical (unpaired) electrons. The van der Waals surface area contributed by atoms with Crippen LogP contribution < -0.4 is 31.9 Å². The predicted molar refractivity (Wildman–Crippen MR) is 175 cm³/mol. The Morgan fingerprint density at radius 1 is 0.523 bits per heavy atom. The highest BCUT2D eigenvalue weighted by atomic mass is 16.6. The lowest BCUT2D eigenvalue weighted by Gasteiger charge is -2.24. The second kappa shape index (κ2) is 22.0. The lowest BCUT2D eigenvalue weighted by Crippen LogP contribution is -2.49. The number of amides is 4. The zero-order valence-corrected chi connectivity index (χ0v) is 29.2. The number of rotatable bonds is 21. The van der Waals surface area contributed by atoms with Crippen molar-refractivity contribution in [3.63, 3.8) is 0 Å². The molecule has 0 rings (SSSR count). The molecule has 0 spiro atoms. The fourth-order valence-electron chi connectivity index (χ4n) is 4.15. The molecule has 6 N–H and O–H groups in total. The SMILES string of the molecule is CC(C)C[C@H](NC(=O)OC(C)(C)C)C(=O)NCCCNCCCCNCCCNC(=O)[C@H](CC(C)C)NC(=O)OC(C)(C)C. The quantitative estimate of drug-likeness (QED) is 0.105. The van der Waals surface area contributed by atoms with E-state index in [1.807, 2.05) is 27.7 Å². The Morgan fingerprint density at radius 3 is 1.14 bits per heavy atom. The van der Waals surface area contributed by atoms with E-state index in [9.17, 15) is 19.2 Å². The van der Waals surface area contributed by atoms with Gasteiger partial charge in [0.15, 0.2) is 0 Å². The van der Waals surface area contributed by atoms with Crippen LogP contribution in [-0.2, 0) is 19.1 Å². The molecule has 258 valence electrons. The molecule has 0 aliphatic carbocycles. The minimum atomic E-state index is -0.621. The number of hydrogen-bond donors (Lipinski definition) is 6. The second-order valence-electron chi connectivity index (χ2n) is 14.2. The normalized spacial score (nSPS) is 13.3. The zero-order valence-electron chi connectivity index (χ0n) is 29.2. The van der Waals surface area contributed by atoms with Crippen molar-refractivity contribution in [2.45, 2.75) is 131 Å². The van der Waals surface area contributed by atoms with Gasteiger partial charge in [0.1, 0.15) is 23.3 Å². The van der Waals surface area contributed by atoms with Gasteiger partial charge in [-0.15, -0.1) is 0 Å². The van der Waals surface area contributed by atoms with Gasteiger partial charge >= 0.3 is 12.2 Å². The van der Waals surface area contributed by atoms with Crippen LogP contribution in [0.4, 0.5) is 9.59 Å². The Labute approximate surface area is 266 Å². The molecule has 0 heterocycles. The van der Waals surface area contributed by atoms with Crippen molar-refractivity contribution in [2.24, 2.45) is 11.8 Å². The van der Waals surface area contributed by atoms with E-state index in [-0.39, 0.29) is 23.7 Å². The number of nitrogens with one attached hydrogen (secondary N) is 6. The number of carbonyl (C=O) groups is 4. The first-order chi connectivity index (χ1) is 20.4. The monoisotopic (exact) mass is 628 g/mol. The molecule has 0 aliphatic rings. The minimum absolute atomic E-state index is 0.192. The van der Waals surface area contributed by atoms with Crippen LogP contribution in [0, 0.1) is 11.8 Å². The molecule has 12 heteroatoms. The number of carbonyl (C=O) groups excluding carboxylic acids is 4. The van der Waals surface area contributed by atoms with Gasteiger partial charge in [-0.1, -0.05) is 27.7 Å². The van der Waals surface area contributed by atoms with Gasteiger partial charge in [-0.3, -0.25) is 9.59 Å². The molecule has 44 heavy (non-hydrogen) atoms. The first-order valence-corrected chi connectivity index (χ1v) is 16.4. The average Bonchev–Trinajstić information content (AvgIpc) is 2.85. The highest BCUT2D eigenvalue weighted by molar-refractivity contribution is 5.86. The second-order valence-corrected chi connectivity index (χ2v) is 14.2. The van der Waals surface area contributed by atoms with Gasteiger partial charge in [0.25, 0.3) is 0 Å². The molecule has 0 bridgehead atoms. The Bertz CT molecular complexity index is 770. The maximum Gasteiger partial charge on any atom is 0.408 e. The average molecular weight is 629 g/mol. The molecule has 0 aromatic heterocycles. The van der Waals surface area contributed by atoms with Crippen LogP contribution >= 0.6 is 0 Å². The molecule has 0 aromatic carbocycles. The van der Waals surface area contributed by atoms with Gasteiger partial charge < -0.3 is 41.4 Å². The van der Waals surface area contributed by atoms with Crippen molar-refractivity contribution < 1.29 is 28.7 Å². The van der Waals surface area contributed by atoms with Crippen molar-refractivity contribution in [3.05, 3.63) is 0 Å². The molecule has 0 fully saturated rings. The molecular formula is C32H64N6O6. The van der Waals surface area contributed by atoms with Gasteiger partial charge in [0, 0.05) is 13.1 Å². The molecule has 2 atom stereocenters. The highest BCUT2D eigenvalue weighted by Crippen LogP contribution is 2.11. The number of ether oxygens (including phenoxy) is 2. The maximum atomic E-state index is 12.6. The summed E-state index contributed by atoms with van der Waals surface area (Å²) < 4.78 is 10.6. The molecule has 0 saturated carbocycles. The van der Waals surface area contributed by atoms with Crippen molar-refractivity contribution in [2.75, 3.05) is 39.3 Å². The summed E-state index contributed by atoms with van der Waals surface area (Å²) in [6.45, 7) is 23.2. The Hall–Kier alpha value is -2.60. The van der Waals surface area contributed by atoms with E-state index < -0.39 is 35.5 Å². The van der Waals surface area contributed by atoms with E-state index in [1.165, 1.54) is 0 Å². The van der Waals surface area contributed by atoms with E-state index in [4.69, 9.17) is 9.47 Å². The van der Waals surface area contributed by atoms with Crippen molar-refractivity contribution >= 4 is 24.0 Å². The van der Waals surface area contributed by atoms with Crippen LogP contribution in [0.25, 0.3) is 0 Å². The molecule has 0 unspecified atom stereocenters. The molecule has 0 saturated heterocycles. The highest BCUT2D eigenvalue weighted by Gasteiger charge is 2.26. The molecule has 0 aliphatic heterocycles. The summed E-state index contributed by atoms with van der Waals surface area (Å²) in [4.78, 5) is 49.5. The van der Waals surface area contributed by atoms with Crippen molar-refractivity contribution in [1.29, 1.82) is 0 Å². The summed E-state index contributed by atoms with van der Waals surface area (Å²) in [5, 5.41) is 18.0. The van der Waals surface area contributed by atoms with E-state index in [0.717, 1.165) is 51.9 Å². The summed E-state index contributed by atoms with van der Waals surface area (Å²) in [5.74, 6) is 0.116. The number of unbranched alkanes of at least 4 members (excludes halogenated alkanes) is 1. The van der Waals surface area contributed by atoms with Gasteiger partial charge in [-0.25, -0.2) is 9.59 Å². The van der Waals surface area contributed by atoms with Gasteiger partial charge in [-0.05, 0) is 118 Å². The third-order valence-electron chi connectivity index (χ3n) is 6.05. The van der Waals surface area contributed by atoms with Gasteiger partial charge in [0.2, 0.25) is 11.8 Å². The lowest BCUT2D eigenvalue weighted by molar-refractivity contribution is -0.124. The van der Waals surface area contributed by atoms with Crippen LogP contribution in [0.3, 0.4) is 0 Å². The largest absolute Gasteiger partial charge is 0.444 e. The first-order valence-electron chi connectivity index (χ1n) is 16.4. The molecule has 12 nitrogen and oxygen atoms in total. The first kappa shape index (κ1) is 41.4.